The zero-order valence-corrected chi connectivity index (χ0v) is 21.0. The average molecular weight is 512 g/mol. The number of rotatable bonds is 7. The summed E-state index contributed by atoms with van der Waals surface area (Å²) in [5.41, 5.74) is -2.80. The Morgan fingerprint density at radius 3 is 2.59 bits per heavy atom. The number of imidazole rings is 1. The smallest absolute Gasteiger partial charge is 0.338 e. The Morgan fingerprint density at radius 2 is 1.89 bits per heavy atom. The van der Waals surface area contributed by atoms with Gasteiger partial charge in [-0.25, -0.2) is 24.1 Å². The first-order chi connectivity index (χ1) is 17.7. The van der Waals surface area contributed by atoms with E-state index in [1.54, 1.807) is 30.3 Å². The molecular weight excluding hydrogens is 481 g/mol. The summed E-state index contributed by atoms with van der Waals surface area (Å²) in [5, 5.41) is 3.42. The molecule has 0 bridgehead atoms. The number of carbonyl (C=O) groups is 2. The second-order valence-corrected chi connectivity index (χ2v) is 9.89. The van der Waals surface area contributed by atoms with Crippen LogP contribution in [0, 0.1) is 0 Å². The topological polar surface area (TPSA) is 117 Å². The maximum Gasteiger partial charge on any atom is 0.338 e. The van der Waals surface area contributed by atoms with Crippen molar-refractivity contribution in [3.05, 3.63) is 48.5 Å². The molecule has 1 N–H and O–H groups in total. The van der Waals surface area contributed by atoms with Crippen molar-refractivity contribution < 1.29 is 28.2 Å². The molecule has 0 unspecified atom stereocenters. The summed E-state index contributed by atoms with van der Waals surface area (Å²) >= 11 is 0. The van der Waals surface area contributed by atoms with E-state index >= 15 is 4.39 Å². The minimum atomic E-state index is -2.24. The van der Waals surface area contributed by atoms with E-state index in [9.17, 15) is 9.59 Å². The highest BCUT2D eigenvalue weighted by Gasteiger charge is 2.66. The third-order valence-electron chi connectivity index (χ3n) is 7.38. The summed E-state index contributed by atoms with van der Waals surface area (Å²) in [6, 6.07) is 8.72. The van der Waals surface area contributed by atoms with Crippen LogP contribution >= 0.6 is 0 Å². The fraction of sp³-hybridized carbons (Fsp3) is 0.500. The number of nitrogens with zero attached hydrogens (tertiary/aromatic N) is 4. The van der Waals surface area contributed by atoms with Crippen LogP contribution in [0.4, 0.5) is 10.2 Å². The molecule has 2 aliphatic rings. The highest BCUT2D eigenvalue weighted by molar-refractivity contribution is 5.89. The van der Waals surface area contributed by atoms with E-state index in [-0.39, 0.29) is 6.61 Å². The van der Waals surface area contributed by atoms with Crippen molar-refractivity contribution in [2.45, 2.75) is 76.1 Å². The van der Waals surface area contributed by atoms with E-state index in [0.717, 1.165) is 25.7 Å². The molecule has 11 heteroatoms. The highest BCUT2D eigenvalue weighted by Crippen LogP contribution is 2.51. The molecule has 1 saturated carbocycles. The lowest BCUT2D eigenvalue weighted by atomic mass is 9.84. The van der Waals surface area contributed by atoms with Gasteiger partial charge in [-0.15, -0.1) is 0 Å². The first-order valence-corrected chi connectivity index (χ1v) is 12.4. The Balaban J connectivity index is 1.44. The van der Waals surface area contributed by atoms with Gasteiger partial charge in [0, 0.05) is 13.0 Å². The Labute approximate surface area is 213 Å². The van der Waals surface area contributed by atoms with Gasteiger partial charge in [-0.2, -0.15) is 0 Å². The molecule has 1 aliphatic heterocycles. The Kier molecular flexibility index (Phi) is 6.57. The molecule has 0 spiro atoms. The first kappa shape index (κ1) is 25.1. The molecule has 1 aliphatic carbocycles. The molecule has 5 rings (SSSR count). The number of aromatic nitrogens is 4. The summed E-state index contributed by atoms with van der Waals surface area (Å²) in [7, 11) is 0. The van der Waals surface area contributed by atoms with Crippen LogP contribution in [0.1, 0.15) is 63.0 Å². The van der Waals surface area contributed by atoms with E-state index in [1.165, 1.54) is 38.0 Å². The van der Waals surface area contributed by atoms with Crippen LogP contribution in [0.25, 0.3) is 11.2 Å². The summed E-state index contributed by atoms with van der Waals surface area (Å²) < 4.78 is 35.2. The second-order valence-electron chi connectivity index (χ2n) is 9.89. The predicted molar refractivity (Wildman–Crippen MR) is 132 cm³/mol. The van der Waals surface area contributed by atoms with Gasteiger partial charge in [-0.1, -0.05) is 31.0 Å². The van der Waals surface area contributed by atoms with Crippen molar-refractivity contribution in [1.82, 2.24) is 19.5 Å². The molecule has 1 aromatic carbocycles. The SMILES string of the molecule is CC(=O)O[C@@]1(C)[C@@H](COC(=O)c2ccccc2)O[C@H](n2cnc3c(NC4CCCC4)ncnc32)[C@]1(C)F. The average Bonchev–Trinajstić information content (AvgIpc) is 3.57. The molecular formula is C26H30FN5O5. The number of nitrogens with one attached hydrogen (secondary N) is 1. The Hall–Kier alpha value is -3.60. The fourth-order valence-corrected chi connectivity index (χ4v) is 5.16. The molecule has 196 valence electrons. The van der Waals surface area contributed by atoms with Gasteiger partial charge in [0.2, 0.25) is 0 Å². The summed E-state index contributed by atoms with van der Waals surface area (Å²) in [5.74, 6) is -0.706. The minimum absolute atomic E-state index is 0.299. The predicted octanol–water partition coefficient (Wildman–Crippen LogP) is 3.99. The van der Waals surface area contributed by atoms with E-state index in [1.807, 2.05) is 0 Å². The number of alkyl halides is 1. The van der Waals surface area contributed by atoms with Crippen molar-refractivity contribution >= 4 is 28.9 Å². The molecule has 2 aromatic heterocycles. The Bertz CT molecular complexity index is 1290. The van der Waals surface area contributed by atoms with Gasteiger partial charge in [0.05, 0.1) is 11.9 Å². The van der Waals surface area contributed by atoms with E-state index in [2.05, 4.69) is 20.3 Å². The van der Waals surface area contributed by atoms with E-state index in [0.29, 0.717) is 28.6 Å². The van der Waals surface area contributed by atoms with Crippen LogP contribution in [-0.4, -0.2) is 61.5 Å². The van der Waals surface area contributed by atoms with Gasteiger partial charge in [0.25, 0.3) is 0 Å². The number of hydrogen-bond acceptors (Lipinski definition) is 9. The van der Waals surface area contributed by atoms with Crippen molar-refractivity contribution in [2.24, 2.45) is 0 Å². The van der Waals surface area contributed by atoms with Gasteiger partial charge >= 0.3 is 11.9 Å². The van der Waals surface area contributed by atoms with Crippen LogP contribution in [0.15, 0.2) is 43.0 Å². The quantitative estimate of drug-likeness (QED) is 0.470. The Morgan fingerprint density at radius 1 is 1.16 bits per heavy atom. The number of hydrogen-bond donors (Lipinski definition) is 1. The molecule has 0 amide bonds. The lowest BCUT2D eigenvalue weighted by Crippen LogP contribution is -2.55. The summed E-state index contributed by atoms with van der Waals surface area (Å²) in [6.07, 6.45) is 4.87. The molecule has 37 heavy (non-hydrogen) atoms. The standard InChI is InChI=1S/C26H30FN5O5/c1-16(33)37-26(3)19(13-35-23(34)17-9-5-4-6-10-17)36-24(25(26,2)27)32-15-30-20-21(28-14-29-22(20)32)31-18-11-7-8-12-18/h4-6,9-10,14-15,18-19,24H,7-8,11-13H2,1-3H3,(H,28,29,31)/t19-,24+,25+,26+/m1/s1. The number of carbonyl (C=O) groups excluding carboxylic acids is 2. The lowest BCUT2D eigenvalue weighted by Gasteiger charge is -2.36. The third-order valence-corrected chi connectivity index (χ3v) is 7.38. The number of esters is 2. The molecule has 3 heterocycles. The van der Waals surface area contributed by atoms with Crippen LogP contribution in [0.2, 0.25) is 0 Å². The minimum Gasteiger partial charge on any atom is -0.459 e. The molecule has 1 saturated heterocycles. The molecule has 2 fully saturated rings. The zero-order chi connectivity index (χ0) is 26.2. The fourth-order valence-electron chi connectivity index (χ4n) is 5.16. The van der Waals surface area contributed by atoms with E-state index in [4.69, 9.17) is 14.2 Å². The van der Waals surface area contributed by atoms with Crippen molar-refractivity contribution in [2.75, 3.05) is 11.9 Å². The van der Waals surface area contributed by atoms with Crippen LogP contribution in [-0.2, 0) is 19.0 Å². The van der Waals surface area contributed by atoms with Crippen LogP contribution < -0.4 is 5.32 Å². The summed E-state index contributed by atoms with van der Waals surface area (Å²) in [6.45, 7) is 3.60. The van der Waals surface area contributed by atoms with Gasteiger partial charge in [-0.05, 0) is 38.8 Å². The summed E-state index contributed by atoms with van der Waals surface area (Å²) in [4.78, 5) is 37.7. The molecule has 4 atom stereocenters. The second kappa shape index (κ2) is 9.70. The third kappa shape index (κ3) is 4.52. The maximum absolute atomic E-state index is 16.7. The molecule has 3 aromatic rings. The zero-order valence-electron chi connectivity index (χ0n) is 21.0. The monoisotopic (exact) mass is 511 g/mol. The number of benzene rings is 1. The van der Waals surface area contributed by atoms with Gasteiger partial charge in [-0.3, -0.25) is 9.36 Å². The molecule has 0 radical (unpaired) electrons. The number of fused-ring (bicyclic) bond motifs is 1. The molecule has 10 nitrogen and oxygen atoms in total. The number of halogens is 1. The first-order valence-electron chi connectivity index (χ1n) is 12.4. The number of anilines is 1. The largest absolute Gasteiger partial charge is 0.459 e. The maximum atomic E-state index is 16.7. The van der Waals surface area contributed by atoms with Crippen molar-refractivity contribution in [3.63, 3.8) is 0 Å². The van der Waals surface area contributed by atoms with E-state index < -0.39 is 35.5 Å². The van der Waals surface area contributed by atoms with Crippen molar-refractivity contribution in [3.8, 4) is 0 Å². The lowest BCUT2D eigenvalue weighted by molar-refractivity contribution is -0.175. The normalized spacial score (nSPS) is 27.9. The van der Waals surface area contributed by atoms with Gasteiger partial charge in [0.15, 0.2) is 34.5 Å². The van der Waals surface area contributed by atoms with Gasteiger partial charge < -0.3 is 19.5 Å². The number of ether oxygens (including phenoxy) is 3. The highest BCUT2D eigenvalue weighted by atomic mass is 19.1. The van der Waals surface area contributed by atoms with Gasteiger partial charge in [0.1, 0.15) is 19.0 Å². The van der Waals surface area contributed by atoms with Crippen LogP contribution in [0.5, 0.6) is 0 Å². The van der Waals surface area contributed by atoms with Crippen molar-refractivity contribution in [1.29, 1.82) is 0 Å². The van der Waals surface area contributed by atoms with Crippen LogP contribution in [0.3, 0.4) is 0 Å².